The van der Waals surface area contributed by atoms with Gasteiger partial charge < -0.3 is 20.6 Å². The van der Waals surface area contributed by atoms with Gasteiger partial charge in [-0.25, -0.2) is 9.97 Å². The number of hydrogen-bond donors (Lipinski definition) is 2. The molecule has 0 radical (unpaired) electrons. The molecule has 1 aromatic heterocycles. The fraction of sp³-hybridized carbons (Fsp3) is 0.667. The first-order valence-corrected chi connectivity index (χ1v) is 9.17. The Bertz CT molecular complexity index is 565. The SMILES string of the molecule is N[C@@H](CO)C(=O)N1CCc2ncnc(N3CCSCC3)c2CC1. The lowest BCUT2D eigenvalue weighted by Gasteiger charge is -2.29. The van der Waals surface area contributed by atoms with Gasteiger partial charge in [0.1, 0.15) is 18.2 Å². The van der Waals surface area contributed by atoms with Crippen LogP contribution in [0.25, 0.3) is 0 Å². The summed E-state index contributed by atoms with van der Waals surface area (Å²) < 4.78 is 0. The van der Waals surface area contributed by atoms with Crippen molar-refractivity contribution in [1.82, 2.24) is 14.9 Å². The fourth-order valence-electron chi connectivity index (χ4n) is 3.09. The third kappa shape index (κ3) is 3.59. The number of aromatic nitrogens is 2. The van der Waals surface area contributed by atoms with Crippen molar-refractivity contribution in [2.24, 2.45) is 5.73 Å². The second kappa shape index (κ2) is 7.46. The number of nitrogens with two attached hydrogens (primary N) is 1. The number of fused-ring (bicyclic) bond motifs is 1. The largest absolute Gasteiger partial charge is 0.394 e. The van der Waals surface area contributed by atoms with Crippen LogP contribution < -0.4 is 10.6 Å². The number of carbonyl (C=O) groups excluding carboxylic acids is 1. The quantitative estimate of drug-likeness (QED) is 0.751. The molecule has 0 saturated carbocycles. The molecule has 1 atom stereocenters. The minimum Gasteiger partial charge on any atom is -0.394 e. The zero-order valence-corrected chi connectivity index (χ0v) is 14.0. The molecular formula is C15H23N5O2S. The Hall–Kier alpha value is -1.38. The topological polar surface area (TPSA) is 95.6 Å². The third-order valence-electron chi connectivity index (χ3n) is 4.40. The van der Waals surface area contributed by atoms with Gasteiger partial charge in [-0.05, 0) is 6.42 Å². The fourth-order valence-corrected chi connectivity index (χ4v) is 3.99. The van der Waals surface area contributed by atoms with Gasteiger partial charge in [-0.2, -0.15) is 11.8 Å². The van der Waals surface area contributed by atoms with Crippen LogP contribution in [0.3, 0.4) is 0 Å². The molecule has 1 fully saturated rings. The molecule has 8 heteroatoms. The van der Waals surface area contributed by atoms with Gasteiger partial charge in [-0.15, -0.1) is 0 Å². The maximum atomic E-state index is 12.2. The van der Waals surface area contributed by atoms with Crippen LogP contribution in [0.1, 0.15) is 11.3 Å². The van der Waals surface area contributed by atoms with Crippen LogP contribution in [0.2, 0.25) is 0 Å². The van der Waals surface area contributed by atoms with E-state index in [9.17, 15) is 4.79 Å². The van der Waals surface area contributed by atoms with Crippen LogP contribution >= 0.6 is 11.8 Å². The summed E-state index contributed by atoms with van der Waals surface area (Å²) in [6.45, 7) is 2.88. The number of amides is 1. The van der Waals surface area contributed by atoms with Crippen molar-refractivity contribution >= 4 is 23.5 Å². The van der Waals surface area contributed by atoms with Crippen LogP contribution in [-0.4, -0.2) is 76.2 Å². The molecule has 3 heterocycles. The van der Waals surface area contributed by atoms with E-state index >= 15 is 0 Å². The molecule has 1 saturated heterocycles. The molecule has 3 rings (SSSR count). The molecule has 0 unspecified atom stereocenters. The highest BCUT2D eigenvalue weighted by atomic mass is 32.2. The van der Waals surface area contributed by atoms with Crippen molar-refractivity contribution in [3.63, 3.8) is 0 Å². The van der Waals surface area contributed by atoms with Crippen molar-refractivity contribution in [2.45, 2.75) is 18.9 Å². The zero-order valence-electron chi connectivity index (χ0n) is 13.1. The van der Waals surface area contributed by atoms with E-state index in [0.717, 1.165) is 48.1 Å². The van der Waals surface area contributed by atoms with E-state index in [4.69, 9.17) is 10.8 Å². The average Bonchev–Trinajstić information content (AvgIpc) is 2.83. The van der Waals surface area contributed by atoms with Crippen molar-refractivity contribution in [1.29, 1.82) is 0 Å². The second-order valence-electron chi connectivity index (χ2n) is 5.84. The second-order valence-corrected chi connectivity index (χ2v) is 7.06. The Morgan fingerprint density at radius 1 is 1.26 bits per heavy atom. The Morgan fingerprint density at radius 2 is 2.00 bits per heavy atom. The Kier molecular flexibility index (Phi) is 5.34. The van der Waals surface area contributed by atoms with Crippen LogP contribution in [0, 0.1) is 0 Å². The van der Waals surface area contributed by atoms with E-state index in [1.54, 1.807) is 11.2 Å². The normalized spacial score (nSPS) is 19.9. The van der Waals surface area contributed by atoms with Gasteiger partial charge in [-0.1, -0.05) is 0 Å². The van der Waals surface area contributed by atoms with Gasteiger partial charge >= 0.3 is 0 Å². The maximum Gasteiger partial charge on any atom is 0.241 e. The van der Waals surface area contributed by atoms with Gasteiger partial charge in [0.05, 0.1) is 12.3 Å². The standard InChI is InChI=1S/C15H23N5O2S/c16-12(9-21)15(22)20-3-1-11-13(2-4-20)17-10-18-14(11)19-5-7-23-8-6-19/h10,12,21H,1-9,16H2/t12-/m0/s1. The molecule has 0 spiro atoms. The van der Waals surface area contributed by atoms with Crippen molar-refractivity contribution in [3.8, 4) is 0 Å². The molecule has 0 aliphatic carbocycles. The minimum absolute atomic E-state index is 0.191. The number of hydrogen-bond acceptors (Lipinski definition) is 7. The van der Waals surface area contributed by atoms with Crippen molar-refractivity contribution in [3.05, 3.63) is 17.6 Å². The molecule has 3 N–H and O–H groups in total. The van der Waals surface area contributed by atoms with Crippen molar-refractivity contribution < 1.29 is 9.90 Å². The summed E-state index contributed by atoms with van der Waals surface area (Å²) in [5.74, 6) is 3.07. The van der Waals surface area contributed by atoms with E-state index in [2.05, 4.69) is 14.9 Å². The van der Waals surface area contributed by atoms with Crippen LogP contribution in [0.15, 0.2) is 6.33 Å². The summed E-state index contributed by atoms with van der Waals surface area (Å²) in [5.41, 5.74) is 7.86. The number of anilines is 1. The van der Waals surface area contributed by atoms with Gasteiger partial charge in [0.15, 0.2) is 0 Å². The molecule has 126 valence electrons. The van der Waals surface area contributed by atoms with Gasteiger partial charge in [-0.3, -0.25) is 4.79 Å². The lowest BCUT2D eigenvalue weighted by Crippen LogP contribution is -2.46. The van der Waals surface area contributed by atoms with E-state index in [-0.39, 0.29) is 12.5 Å². The highest BCUT2D eigenvalue weighted by molar-refractivity contribution is 7.99. The van der Waals surface area contributed by atoms with Crippen LogP contribution in [-0.2, 0) is 17.6 Å². The van der Waals surface area contributed by atoms with Gasteiger partial charge in [0.25, 0.3) is 0 Å². The summed E-state index contributed by atoms with van der Waals surface area (Å²) >= 11 is 1.97. The molecule has 23 heavy (non-hydrogen) atoms. The van der Waals surface area contributed by atoms with E-state index in [1.165, 1.54) is 0 Å². The zero-order chi connectivity index (χ0) is 16.2. The number of rotatable bonds is 3. The minimum atomic E-state index is -0.833. The molecule has 2 aliphatic rings. The van der Waals surface area contributed by atoms with E-state index < -0.39 is 6.04 Å². The highest BCUT2D eigenvalue weighted by Gasteiger charge is 2.26. The lowest BCUT2D eigenvalue weighted by atomic mass is 10.1. The molecule has 7 nitrogen and oxygen atoms in total. The lowest BCUT2D eigenvalue weighted by molar-refractivity contribution is -0.133. The molecular weight excluding hydrogens is 314 g/mol. The molecule has 1 amide bonds. The predicted octanol–water partition coefficient (Wildman–Crippen LogP) is -0.723. The Morgan fingerprint density at radius 3 is 2.74 bits per heavy atom. The summed E-state index contributed by atoms with van der Waals surface area (Å²) in [6, 6.07) is -0.833. The van der Waals surface area contributed by atoms with Crippen LogP contribution in [0.4, 0.5) is 5.82 Å². The number of aliphatic hydroxyl groups excluding tert-OH is 1. The van der Waals surface area contributed by atoms with Gasteiger partial charge in [0, 0.05) is 49.7 Å². The number of carbonyl (C=O) groups is 1. The third-order valence-corrected chi connectivity index (χ3v) is 5.34. The first-order valence-electron chi connectivity index (χ1n) is 8.01. The predicted molar refractivity (Wildman–Crippen MR) is 90.6 cm³/mol. The average molecular weight is 337 g/mol. The van der Waals surface area contributed by atoms with Crippen molar-refractivity contribution in [2.75, 3.05) is 49.2 Å². The maximum absolute atomic E-state index is 12.2. The van der Waals surface area contributed by atoms with E-state index in [1.807, 2.05) is 11.8 Å². The van der Waals surface area contributed by atoms with Crippen LogP contribution in [0.5, 0.6) is 0 Å². The molecule has 2 aliphatic heterocycles. The van der Waals surface area contributed by atoms with E-state index in [0.29, 0.717) is 19.5 Å². The molecule has 1 aromatic rings. The summed E-state index contributed by atoms with van der Waals surface area (Å²) in [5, 5.41) is 9.09. The highest BCUT2D eigenvalue weighted by Crippen LogP contribution is 2.25. The first-order chi connectivity index (χ1) is 11.2. The monoisotopic (exact) mass is 337 g/mol. The number of thioether (sulfide) groups is 1. The first kappa shape index (κ1) is 16.5. The summed E-state index contributed by atoms with van der Waals surface area (Å²) in [6.07, 6.45) is 3.07. The number of nitrogens with zero attached hydrogens (tertiary/aromatic N) is 4. The Labute approximate surface area is 140 Å². The summed E-state index contributed by atoms with van der Waals surface area (Å²) in [4.78, 5) is 25.2. The summed E-state index contributed by atoms with van der Waals surface area (Å²) in [7, 11) is 0. The molecule has 0 aromatic carbocycles. The number of aliphatic hydroxyl groups is 1. The van der Waals surface area contributed by atoms with Gasteiger partial charge in [0.2, 0.25) is 5.91 Å². The molecule has 0 bridgehead atoms. The smallest absolute Gasteiger partial charge is 0.241 e. The Balaban J connectivity index is 1.78.